The highest BCUT2D eigenvalue weighted by Gasteiger charge is 2.47. The van der Waals surface area contributed by atoms with Gasteiger partial charge in [0.1, 0.15) is 5.76 Å². The number of carbonyl (C=O) groups is 4. The van der Waals surface area contributed by atoms with Gasteiger partial charge in [0.05, 0.1) is 32.0 Å². The Balaban J connectivity index is 2.15. The zero-order valence-corrected chi connectivity index (χ0v) is 14.1. The fourth-order valence-corrected chi connectivity index (χ4v) is 2.24. The molecule has 0 aromatic carbocycles. The number of ether oxygens (including phenoxy) is 5. The Hall–Kier alpha value is -2.58. The van der Waals surface area contributed by atoms with Crippen LogP contribution in [0, 0.1) is 5.92 Å². The third-order valence-electron chi connectivity index (χ3n) is 3.41. The molecule has 0 atom stereocenters. The van der Waals surface area contributed by atoms with Crippen molar-refractivity contribution in [3.8, 4) is 0 Å². The highest BCUT2D eigenvalue weighted by atomic mass is 16.8. The Morgan fingerprint density at radius 1 is 1.04 bits per heavy atom. The molecule has 2 rings (SSSR count). The summed E-state index contributed by atoms with van der Waals surface area (Å²) in [4.78, 5) is 47.2. The summed E-state index contributed by atoms with van der Waals surface area (Å²) in [7, 11) is 0. The first-order chi connectivity index (χ1) is 11.9. The second-order valence-corrected chi connectivity index (χ2v) is 5.61. The van der Waals surface area contributed by atoms with Crippen LogP contribution in [0.2, 0.25) is 0 Å². The van der Waals surface area contributed by atoms with Crippen LogP contribution in [-0.2, 0) is 33.3 Å². The minimum absolute atomic E-state index is 0.0294. The van der Waals surface area contributed by atoms with Crippen LogP contribution in [0.3, 0.4) is 0 Å². The first-order valence-electron chi connectivity index (χ1n) is 8.04. The lowest BCUT2D eigenvalue weighted by Crippen LogP contribution is -2.45. The average molecular weight is 356 g/mol. The highest BCUT2D eigenvalue weighted by molar-refractivity contribution is 5.92. The molecule has 0 heterocycles. The summed E-state index contributed by atoms with van der Waals surface area (Å²) in [6, 6.07) is 0. The van der Waals surface area contributed by atoms with Gasteiger partial charge in [-0.25, -0.2) is 9.59 Å². The second-order valence-electron chi connectivity index (χ2n) is 5.61. The summed E-state index contributed by atoms with van der Waals surface area (Å²) in [5.41, 5.74) is 0. The van der Waals surface area contributed by atoms with Crippen LogP contribution in [0.4, 0.5) is 9.59 Å². The van der Waals surface area contributed by atoms with Crippen molar-refractivity contribution in [1.29, 1.82) is 0 Å². The third-order valence-corrected chi connectivity index (χ3v) is 3.41. The Morgan fingerprint density at radius 3 is 2.08 bits per heavy atom. The molecule has 0 bridgehead atoms. The molecule has 0 radical (unpaired) electrons. The van der Waals surface area contributed by atoms with Gasteiger partial charge in [-0.2, -0.15) is 0 Å². The van der Waals surface area contributed by atoms with Gasteiger partial charge in [0.25, 0.3) is 5.79 Å². The normalized spacial score (nSPS) is 18.6. The number of carbonyl (C=O) groups excluding carboxylic acids is 4. The Kier molecular flexibility index (Phi) is 6.00. The Labute approximate surface area is 144 Å². The fourth-order valence-electron chi connectivity index (χ4n) is 2.24. The maximum Gasteiger partial charge on any atom is 0.511 e. The van der Waals surface area contributed by atoms with Crippen LogP contribution in [0.15, 0.2) is 11.8 Å². The van der Waals surface area contributed by atoms with Gasteiger partial charge in [0, 0.05) is 6.08 Å². The molecule has 0 unspecified atom stereocenters. The number of rotatable bonds is 6. The average Bonchev–Trinajstić information content (AvgIpc) is 3.30. The van der Waals surface area contributed by atoms with Crippen molar-refractivity contribution in [2.45, 2.75) is 45.3 Å². The first-order valence-corrected chi connectivity index (χ1v) is 8.04. The third kappa shape index (κ3) is 5.47. The minimum atomic E-state index is -1.98. The zero-order valence-electron chi connectivity index (χ0n) is 14.1. The predicted octanol–water partition coefficient (Wildman–Crippen LogP) is 2.23. The second kappa shape index (κ2) is 8.00. The van der Waals surface area contributed by atoms with E-state index in [1.807, 2.05) is 0 Å². The van der Waals surface area contributed by atoms with Crippen LogP contribution >= 0.6 is 0 Å². The van der Waals surface area contributed by atoms with Crippen LogP contribution in [0.5, 0.6) is 0 Å². The van der Waals surface area contributed by atoms with E-state index < -0.39 is 36.3 Å². The number of hydrogen-bond acceptors (Lipinski definition) is 9. The fraction of sp³-hybridized carbons (Fsp3) is 0.625. The number of ketones is 1. The van der Waals surface area contributed by atoms with Crippen LogP contribution < -0.4 is 0 Å². The predicted molar refractivity (Wildman–Crippen MR) is 80.1 cm³/mol. The summed E-state index contributed by atoms with van der Waals surface area (Å²) in [5, 5.41) is 0. The molecule has 2 aliphatic carbocycles. The molecule has 9 nitrogen and oxygen atoms in total. The van der Waals surface area contributed by atoms with E-state index in [0.29, 0.717) is 0 Å². The molecule has 9 heteroatoms. The van der Waals surface area contributed by atoms with E-state index in [4.69, 9.17) is 14.2 Å². The van der Waals surface area contributed by atoms with Gasteiger partial charge in [0.2, 0.25) is 0 Å². The molecule has 0 aliphatic heterocycles. The Morgan fingerprint density at radius 2 is 1.60 bits per heavy atom. The SMILES string of the molecule is CCOC(=O)OC1(OC(=O)OCC)CC(=O)C=C(OC(=O)C2CC2)C1. The molecular weight excluding hydrogens is 336 g/mol. The molecule has 0 saturated heterocycles. The highest BCUT2D eigenvalue weighted by Crippen LogP contribution is 2.36. The smallest absolute Gasteiger partial charge is 0.434 e. The number of allylic oxidation sites excluding steroid dienone is 1. The largest absolute Gasteiger partial charge is 0.511 e. The molecule has 0 aromatic rings. The van der Waals surface area contributed by atoms with Crippen LogP contribution in [0.1, 0.15) is 39.5 Å². The van der Waals surface area contributed by atoms with Crippen molar-refractivity contribution in [2.75, 3.05) is 13.2 Å². The van der Waals surface area contributed by atoms with E-state index in [2.05, 4.69) is 9.47 Å². The molecule has 138 valence electrons. The van der Waals surface area contributed by atoms with E-state index in [9.17, 15) is 19.2 Å². The Bertz CT molecular complexity index is 568. The van der Waals surface area contributed by atoms with E-state index in [1.54, 1.807) is 13.8 Å². The topological polar surface area (TPSA) is 114 Å². The van der Waals surface area contributed by atoms with E-state index in [-0.39, 0.29) is 31.3 Å². The summed E-state index contributed by atoms with van der Waals surface area (Å²) < 4.78 is 24.6. The number of esters is 1. The number of hydrogen-bond donors (Lipinski definition) is 0. The standard InChI is InChI=1S/C16H20O9/c1-3-21-14(19)24-16(25-15(20)22-4-2)8-11(17)7-12(9-16)23-13(18)10-5-6-10/h7,10H,3-6,8-9H2,1-2H3. The molecule has 1 fully saturated rings. The molecule has 0 amide bonds. The van der Waals surface area contributed by atoms with Gasteiger partial charge in [-0.3, -0.25) is 9.59 Å². The lowest BCUT2D eigenvalue weighted by Gasteiger charge is -2.33. The van der Waals surface area contributed by atoms with Gasteiger partial charge >= 0.3 is 18.3 Å². The van der Waals surface area contributed by atoms with Crippen molar-refractivity contribution in [3.05, 3.63) is 11.8 Å². The molecule has 1 saturated carbocycles. The van der Waals surface area contributed by atoms with E-state index in [1.165, 1.54) is 0 Å². The summed E-state index contributed by atoms with van der Waals surface area (Å²) >= 11 is 0. The van der Waals surface area contributed by atoms with E-state index in [0.717, 1.165) is 18.9 Å². The molecule has 2 aliphatic rings. The van der Waals surface area contributed by atoms with Crippen LogP contribution in [-0.4, -0.2) is 43.1 Å². The van der Waals surface area contributed by atoms with Crippen molar-refractivity contribution < 1.29 is 42.9 Å². The minimum Gasteiger partial charge on any atom is -0.434 e. The molecule has 0 spiro atoms. The summed E-state index contributed by atoms with van der Waals surface area (Å²) in [6.07, 6.45) is -0.386. The first kappa shape index (κ1) is 18.8. The van der Waals surface area contributed by atoms with Gasteiger partial charge in [-0.05, 0) is 26.7 Å². The van der Waals surface area contributed by atoms with E-state index >= 15 is 0 Å². The van der Waals surface area contributed by atoms with Gasteiger partial charge in [-0.1, -0.05) is 0 Å². The van der Waals surface area contributed by atoms with Crippen LogP contribution in [0.25, 0.3) is 0 Å². The molecular formula is C16H20O9. The molecule has 0 N–H and O–H groups in total. The zero-order chi connectivity index (χ0) is 18.4. The quantitative estimate of drug-likeness (QED) is 0.401. The van der Waals surface area contributed by atoms with Crippen molar-refractivity contribution >= 4 is 24.1 Å². The van der Waals surface area contributed by atoms with Crippen molar-refractivity contribution in [3.63, 3.8) is 0 Å². The lowest BCUT2D eigenvalue weighted by molar-refractivity contribution is -0.198. The van der Waals surface area contributed by atoms with Gasteiger partial charge in [0.15, 0.2) is 5.78 Å². The monoisotopic (exact) mass is 356 g/mol. The van der Waals surface area contributed by atoms with Gasteiger partial charge < -0.3 is 23.7 Å². The molecule has 25 heavy (non-hydrogen) atoms. The maximum absolute atomic E-state index is 12.0. The summed E-state index contributed by atoms with van der Waals surface area (Å²) in [5.74, 6) is -3.21. The van der Waals surface area contributed by atoms with Crippen molar-refractivity contribution in [2.24, 2.45) is 5.92 Å². The lowest BCUT2D eigenvalue weighted by atomic mass is 9.97. The van der Waals surface area contributed by atoms with Crippen molar-refractivity contribution in [1.82, 2.24) is 0 Å². The maximum atomic E-state index is 12.0. The summed E-state index contributed by atoms with van der Waals surface area (Å²) in [6.45, 7) is 3.19. The van der Waals surface area contributed by atoms with Gasteiger partial charge in [-0.15, -0.1) is 0 Å². The molecule has 0 aromatic heterocycles.